The zero-order chi connectivity index (χ0) is 21.0. The number of aromatic nitrogens is 3. The number of aliphatic hydroxyl groups is 1. The zero-order valence-corrected chi connectivity index (χ0v) is 14.7. The van der Waals surface area contributed by atoms with E-state index >= 15 is 0 Å². The van der Waals surface area contributed by atoms with Crippen LogP contribution >= 0.6 is 0 Å². The van der Waals surface area contributed by atoms with Crippen LogP contribution in [0.2, 0.25) is 0 Å². The standard InChI is InChI=1S/C18H14F4N4O3/c19-12-3-1-2-10(4-6-12)16(28)24-14(9-27)17-25-15(26-29-17)13-7-5-11(8-23-13)18(20,21)22/h1,3-8,14,27H,2,9H2,(H,24,28)/t14-/m0/s1. The lowest BCUT2D eigenvalue weighted by atomic mass is 10.1. The van der Waals surface area contributed by atoms with Gasteiger partial charge in [0.1, 0.15) is 17.6 Å². The number of pyridine rings is 1. The Bertz CT molecular complexity index is 978. The van der Waals surface area contributed by atoms with Crippen molar-refractivity contribution < 1.29 is 32.0 Å². The van der Waals surface area contributed by atoms with E-state index in [0.29, 0.717) is 6.20 Å². The van der Waals surface area contributed by atoms with Crippen LogP contribution in [-0.2, 0) is 11.0 Å². The lowest BCUT2D eigenvalue weighted by molar-refractivity contribution is -0.137. The van der Waals surface area contributed by atoms with Gasteiger partial charge in [-0.25, -0.2) is 4.39 Å². The Labute approximate surface area is 161 Å². The highest BCUT2D eigenvalue weighted by molar-refractivity contribution is 5.94. The molecular formula is C18H14F4N4O3. The predicted octanol–water partition coefficient (Wildman–Crippen LogP) is 3.04. The maximum absolute atomic E-state index is 13.2. The van der Waals surface area contributed by atoms with Gasteiger partial charge in [-0.3, -0.25) is 9.78 Å². The Morgan fingerprint density at radius 3 is 2.76 bits per heavy atom. The van der Waals surface area contributed by atoms with E-state index < -0.39 is 36.1 Å². The van der Waals surface area contributed by atoms with Gasteiger partial charge in [-0.2, -0.15) is 18.2 Å². The maximum atomic E-state index is 13.2. The molecule has 152 valence electrons. The number of amides is 1. The Morgan fingerprint density at radius 1 is 1.31 bits per heavy atom. The minimum atomic E-state index is -4.53. The van der Waals surface area contributed by atoms with E-state index in [9.17, 15) is 27.5 Å². The number of alkyl halides is 3. The van der Waals surface area contributed by atoms with Crippen molar-refractivity contribution in [2.45, 2.75) is 18.6 Å². The van der Waals surface area contributed by atoms with Crippen molar-refractivity contribution >= 4 is 5.91 Å². The van der Waals surface area contributed by atoms with Crippen molar-refractivity contribution in [1.82, 2.24) is 20.4 Å². The smallest absolute Gasteiger partial charge is 0.394 e. The number of halogens is 4. The number of rotatable bonds is 5. The Morgan fingerprint density at radius 2 is 2.10 bits per heavy atom. The Balaban J connectivity index is 1.74. The van der Waals surface area contributed by atoms with Gasteiger partial charge in [-0.15, -0.1) is 0 Å². The Kier molecular flexibility index (Phi) is 5.87. The molecule has 1 aliphatic rings. The third-order valence-electron chi connectivity index (χ3n) is 3.90. The summed E-state index contributed by atoms with van der Waals surface area (Å²) in [7, 11) is 0. The number of nitrogens with one attached hydrogen (secondary N) is 1. The molecule has 0 saturated carbocycles. The fraction of sp³-hybridized carbons (Fsp3) is 0.222. The third kappa shape index (κ3) is 4.93. The molecular weight excluding hydrogens is 396 g/mol. The average molecular weight is 410 g/mol. The van der Waals surface area contributed by atoms with Gasteiger partial charge in [0, 0.05) is 11.8 Å². The third-order valence-corrected chi connectivity index (χ3v) is 3.90. The second-order valence-electron chi connectivity index (χ2n) is 5.94. The summed E-state index contributed by atoms with van der Waals surface area (Å²) in [6.07, 6.45) is 1.42. The van der Waals surface area contributed by atoms with Gasteiger partial charge in [0.2, 0.25) is 11.7 Å². The number of nitrogens with zero attached hydrogens (tertiary/aromatic N) is 3. The highest BCUT2D eigenvalue weighted by Crippen LogP contribution is 2.29. The second kappa shape index (κ2) is 8.35. The normalized spacial score (nSPS) is 15.3. The van der Waals surface area contributed by atoms with Crippen LogP contribution in [0.1, 0.15) is 23.9 Å². The van der Waals surface area contributed by atoms with Crippen molar-refractivity contribution in [3.63, 3.8) is 0 Å². The number of carbonyl (C=O) groups excluding carboxylic acids is 1. The SMILES string of the molecule is O=C(N[C@@H](CO)c1nc(-c2ccc(C(F)(F)F)cn2)no1)C1=CC=C(F)C=CC1. The van der Waals surface area contributed by atoms with Gasteiger partial charge in [-0.05, 0) is 30.7 Å². The summed E-state index contributed by atoms with van der Waals surface area (Å²) >= 11 is 0. The van der Waals surface area contributed by atoms with Crippen LogP contribution in [0.5, 0.6) is 0 Å². The molecule has 2 aromatic heterocycles. The molecule has 1 amide bonds. The molecule has 11 heteroatoms. The second-order valence-corrected chi connectivity index (χ2v) is 5.94. The molecule has 2 aromatic rings. The fourth-order valence-electron chi connectivity index (χ4n) is 2.38. The van der Waals surface area contributed by atoms with Gasteiger partial charge < -0.3 is 14.9 Å². The molecule has 0 saturated heterocycles. The number of hydrogen-bond donors (Lipinski definition) is 2. The first kappa shape index (κ1) is 20.4. The predicted molar refractivity (Wildman–Crippen MR) is 91.5 cm³/mol. The maximum Gasteiger partial charge on any atom is 0.417 e. The molecule has 29 heavy (non-hydrogen) atoms. The van der Waals surface area contributed by atoms with Crippen molar-refractivity contribution in [2.24, 2.45) is 0 Å². The van der Waals surface area contributed by atoms with Crippen molar-refractivity contribution in [3.05, 3.63) is 65.5 Å². The minimum absolute atomic E-state index is 0.0215. The molecule has 0 bridgehead atoms. The van der Waals surface area contributed by atoms with Gasteiger partial charge in [0.15, 0.2) is 0 Å². The van der Waals surface area contributed by atoms with Crippen LogP contribution in [0.15, 0.2) is 58.6 Å². The molecule has 0 unspecified atom stereocenters. The first-order valence-electron chi connectivity index (χ1n) is 8.30. The van der Waals surface area contributed by atoms with Crippen LogP contribution in [0.4, 0.5) is 17.6 Å². The minimum Gasteiger partial charge on any atom is -0.394 e. The first-order chi connectivity index (χ1) is 13.8. The van der Waals surface area contributed by atoms with E-state index in [2.05, 4.69) is 20.4 Å². The molecule has 1 atom stereocenters. The fourth-order valence-corrected chi connectivity index (χ4v) is 2.38. The van der Waals surface area contributed by atoms with Crippen LogP contribution in [0.25, 0.3) is 11.5 Å². The van der Waals surface area contributed by atoms with Gasteiger partial charge in [0.25, 0.3) is 5.89 Å². The van der Waals surface area contributed by atoms with Gasteiger partial charge in [0.05, 0.1) is 12.2 Å². The summed E-state index contributed by atoms with van der Waals surface area (Å²) in [6, 6.07) is 0.829. The molecule has 0 spiro atoms. The number of carbonyl (C=O) groups is 1. The summed E-state index contributed by atoms with van der Waals surface area (Å²) < 4.78 is 56.0. The van der Waals surface area contributed by atoms with E-state index in [4.69, 9.17) is 4.52 Å². The van der Waals surface area contributed by atoms with Crippen LogP contribution in [0, 0.1) is 0 Å². The highest BCUT2D eigenvalue weighted by atomic mass is 19.4. The summed E-state index contributed by atoms with van der Waals surface area (Å²) in [5.41, 5.74) is -0.661. The van der Waals surface area contributed by atoms with E-state index in [0.717, 1.165) is 18.2 Å². The van der Waals surface area contributed by atoms with Crippen molar-refractivity contribution in [1.29, 1.82) is 0 Å². The molecule has 2 N–H and O–H groups in total. The number of aliphatic hydroxyl groups excluding tert-OH is 1. The first-order valence-corrected chi connectivity index (χ1v) is 8.30. The van der Waals surface area contributed by atoms with Crippen LogP contribution in [0.3, 0.4) is 0 Å². The molecule has 0 radical (unpaired) electrons. The lowest BCUT2D eigenvalue weighted by Crippen LogP contribution is -2.32. The molecule has 0 aliphatic heterocycles. The summed E-state index contributed by atoms with van der Waals surface area (Å²) in [5, 5.41) is 15.6. The summed E-state index contributed by atoms with van der Waals surface area (Å²) in [5.74, 6) is -1.35. The monoisotopic (exact) mass is 410 g/mol. The van der Waals surface area contributed by atoms with Crippen LogP contribution < -0.4 is 5.32 Å². The Hall–Kier alpha value is -3.34. The largest absolute Gasteiger partial charge is 0.417 e. The van der Waals surface area contributed by atoms with Gasteiger partial charge in [-0.1, -0.05) is 17.3 Å². The molecule has 3 rings (SSSR count). The average Bonchev–Trinajstić information content (AvgIpc) is 3.07. The molecule has 1 aliphatic carbocycles. The molecule has 0 aromatic carbocycles. The topological polar surface area (TPSA) is 101 Å². The van der Waals surface area contributed by atoms with E-state index in [-0.39, 0.29) is 29.4 Å². The van der Waals surface area contributed by atoms with Crippen molar-refractivity contribution in [3.8, 4) is 11.5 Å². The molecule has 2 heterocycles. The zero-order valence-electron chi connectivity index (χ0n) is 14.7. The van der Waals surface area contributed by atoms with Gasteiger partial charge >= 0.3 is 6.18 Å². The quantitative estimate of drug-likeness (QED) is 0.735. The molecule has 7 nitrogen and oxygen atoms in total. The lowest BCUT2D eigenvalue weighted by Gasteiger charge is -2.13. The number of hydrogen-bond acceptors (Lipinski definition) is 6. The summed E-state index contributed by atoms with van der Waals surface area (Å²) in [6.45, 7) is -0.582. The van der Waals surface area contributed by atoms with E-state index in [1.54, 1.807) is 0 Å². The van der Waals surface area contributed by atoms with Crippen LogP contribution in [-0.4, -0.2) is 32.7 Å². The van der Waals surface area contributed by atoms with E-state index in [1.165, 1.54) is 18.2 Å². The van der Waals surface area contributed by atoms with E-state index in [1.807, 2.05) is 0 Å². The highest BCUT2D eigenvalue weighted by Gasteiger charge is 2.31. The van der Waals surface area contributed by atoms with Crippen molar-refractivity contribution in [2.75, 3.05) is 6.61 Å². The number of allylic oxidation sites excluding steroid dienone is 5. The molecule has 0 fully saturated rings. The summed E-state index contributed by atoms with van der Waals surface area (Å²) in [4.78, 5) is 19.9.